The van der Waals surface area contributed by atoms with E-state index in [1.165, 1.54) is 96.2 Å². The van der Waals surface area contributed by atoms with E-state index in [2.05, 4.69) is 325 Å². The molecule has 4 heteroatoms. The lowest BCUT2D eigenvalue weighted by Crippen LogP contribution is -2.74. The van der Waals surface area contributed by atoms with Gasteiger partial charge in [-0.15, -0.1) is 0 Å². The minimum atomic E-state index is -3.04. The molecule has 0 spiro atoms. The van der Waals surface area contributed by atoms with Crippen molar-refractivity contribution >= 4 is 101 Å². The summed E-state index contributed by atoms with van der Waals surface area (Å²) >= 11 is 0. The molecule has 358 valence electrons. The number of rotatable bonds is 11. The molecule has 2 heterocycles. The second-order valence-electron chi connectivity index (χ2n) is 19.9. The van der Waals surface area contributed by atoms with Crippen LogP contribution in [-0.4, -0.2) is 25.3 Å². The number of hydrogen-bond acceptors (Lipinski definition) is 0. The van der Waals surface area contributed by atoms with Crippen molar-refractivity contribution in [2.24, 2.45) is 0 Å². The monoisotopic (exact) mass is 1000 g/mol. The van der Waals surface area contributed by atoms with Gasteiger partial charge in [0.25, 0.3) is 0 Å². The van der Waals surface area contributed by atoms with Gasteiger partial charge in [0.2, 0.25) is 0 Å². The number of benzene rings is 12. The van der Waals surface area contributed by atoms with Crippen molar-refractivity contribution in [1.82, 2.24) is 9.13 Å². The maximum Gasteiger partial charge on any atom is 0.180 e. The Labute approximate surface area is 445 Å². The van der Waals surface area contributed by atoms with Crippen LogP contribution in [0.1, 0.15) is 0 Å². The second-order valence-corrected chi connectivity index (χ2v) is 27.5. The summed E-state index contributed by atoms with van der Waals surface area (Å²) in [5.41, 5.74) is 9.41. The van der Waals surface area contributed by atoms with Gasteiger partial charge in [-0.05, 0) is 107 Å². The summed E-state index contributed by atoms with van der Waals surface area (Å²) in [7, 11) is -5.81. The molecule has 14 aromatic rings. The van der Waals surface area contributed by atoms with E-state index < -0.39 is 16.1 Å². The minimum absolute atomic E-state index is 1.13. The van der Waals surface area contributed by atoms with Gasteiger partial charge in [0.1, 0.15) is 0 Å². The van der Waals surface area contributed by atoms with Gasteiger partial charge in [0.15, 0.2) is 16.1 Å². The van der Waals surface area contributed by atoms with Crippen LogP contribution in [0.25, 0.3) is 66.1 Å². The van der Waals surface area contributed by atoms with E-state index in [4.69, 9.17) is 0 Å². The smallest absolute Gasteiger partial charge is 0.180 e. The van der Waals surface area contributed by atoms with Crippen LogP contribution in [0.2, 0.25) is 0 Å². The Balaban J connectivity index is 1.07. The predicted molar refractivity (Wildman–Crippen MR) is 328 cm³/mol. The molecule has 0 bridgehead atoms. The Bertz CT molecular complexity index is 4150. The molecular formula is C72H52N2Si2. The quantitative estimate of drug-likeness (QED) is 0.0903. The maximum absolute atomic E-state index is 3.04. The number of nitrogens with zero attached hydrogens (tertiary/aromatic N) is 2. The summed E-state index contributed by atoms with van der Waals surface area (Å²) in [5, 5.41) is 15.8. The van der Waals surface area contributed by atoms with Gasteiger partial charge in [-0.2, -0.15) is 0 Å². The molecule has 14 rings (SSSR count). The van der Waals surface area contributed by atoms with E-state index in [-0.39, 0.29) is 0 Å². The fraction of sp³-hybridized carbons (Fsp3) is 0. The Hall–Kier alpha value is -9.33. The first-order valence-corrected chi connectivity index (χ1v) is 30.3. The number of aromatic nitrogens is 2. The first-order valence-electron chi connectivity index (χ1n) is 26.3. The molecule has 0 N–H and O–H groups in total. The molecule has 0 fully saturated rings. The van der Waals surface area contributed by atoms with Crippen LogP contribution in [0, 0.1) is 0 Å². The van der Waals surface area contributed by atoms with Crippen molar-refractivity contribution < 1.29 is 0 Å². The van der Waals surface area contributed by atoms with E-state index in [9.17, 15) is 0 Å². The van der Waals surface area contributed by atoms with Crippen molar-refractivity contribution in [1.29, 1.82) is 0 Å². The van der Waals surface area contributed by atoms with Gasteiger partial charge >= 0.3 is 0 Å². The van der Waals surface area contributed by atoms with Crippen LogP contribution in [0.5, 0.6) is 0 Å². The van der Waals surface area contributed by atoms with Gasteiger partial charge in [-0.1, -0.05) is 261 Å². The van der Waals surface area contributed by atoms with Crippen molar-refractivity contribution in [3.8, 4) is 22.5 Å². The largest absolute Gasteiger partial charge is 0.309 e. The lowest BCUT2D eigenvalue weighted by molar-refractivity contribution is 1.17. The summed E-state index contributed by atoms with van der Waals surface area (Å²) in [6, 6.07) is 118. The van der Waals surface area contributed by atoms with Crippen LogP contribution in [-0.2, 0) is 0 Å². The molecule has 0 aliphatic rings. The zero-order valence-electron chi connectivity index (χ0n) is 41.9. The third-order valence-corrected chi connectivity index (χ3v) is 25.6. The number of fused-ring (bicyclic) bond motifs is 6. The summed E-state index contributed by atoms with van der Waals surface area (Å²) in [5.74, 6) is 0. The maximum atomic E-state index is 2.54. The lowest BCUT2D eigenvalue weighted by atomic mass is 10.0. The molecule has 0 aliphatic carbocycles. The van der Waals surface area contributed by atoms with Crippen LogP contribution < -0.4 is 41.5 Å². The Morgan fingerprint density at radius 3 is 1.12 bits per heavy atom. The SMILES string of the molecule is c1ccc(-c2ccc3c(c2)c2ccccc2n3-c2ccc3c(c2)c2c([Si](c4ccccc4)(c4ccccc4)c4ccccc4)cccc2n3-c2ccc([Si](c3ccccc3)(c3ccccc3)c3ccccc3)cc2)cc1. The molecule has 0 saturated carbocycles. The van der Waals surface area contributed by atoms with Gasteiger partial charge in [-0.25, -0.2) is 0 Å². The van der Waals surface area contributed by atoms with Gasteiger partial charge in [0.05, 0.1) is 22.1 Å². The first kappa shape index (κ1) is 45.3. The van der Waals surface area contributed by atoms with Crippen molar-refractivity contribution in [2.75, 3.05) is 0 Å². The van der Waals surface area contributed by atoms with Crippen molar-refractivity contribution in [3.05, 3.63) is 315 Å². The topological polar surface area (TPSA) is 9.86 Å². The first-order chi connectivity index (χ1) is 37.7. The Kier molecular flexibility index (Phi) is 11.2. The normalized spacial score (nSPS) is 11.9. The van der Waals surface area contributed by atoms with E-state index in [0.717, 1.165) is 11.4 Å². The molecular weight excluding hydrogens is 949 g/mol. The molecule has 12 aromatic carbocycles. The zero-order valence-corrected chi connectivity index (χ0v) is 43.9. The second kappa shape index (κ2) is 18.9. The molecule has 0 unspecified atom stereocenters. The highest BCUT2D eigenvalue weighted by molar-refractivity contribution is 7.21. The average Bonchev–Trinajstić information content (AvgIpc) is 4.13. The number of hydrogen-bond donors (Lipinski definition) is 0. The summed E-state index contributed by atoms with van der Waals surface area (Å²) < 4.78 is 5.02. The van der Waals surface area contributed by atoms with Gasteiger partial charge in [0, 0.05) is 32.9 Å². The number of para-hydroxylation sites is 1. The fourth-order valence-electron chi connectivity index (χ4n) is 12.8. The van der Waals surface area contributed by atoms with Gasteiger partial charge < -0.3 is 9.13 Å². The van der Waals surface area contributed by atoms with Gasteiger partial charge in [-0.3, -0.25) is 0 Å². The minimum Gasteiger partial charge on any atom is -0.309 e. The van der Waals surface area contributed by atoms with Crippen LogP contribution >= 0.6 is 0 Å². The van der Waals surface area contributed by atoms with E-state index in [0.29, 0.717) is 0 Å². The molecule has 2 nitrogen and oxygen atoms in total. The van der Waals surface area contributed by atoms with E-state index in [1.807, 2.05) is 0 Å². The summed E-state index contributed by atoms with van der Waals surface area (Å²) in [6.45, 7) is 0. The predicted octanol–water partition coefficient (Wildman–Crippen LogP) is 12.3. The van der Waals surface area contributed by atoms with Crippen LogP contribution in [0.4, 0.5) is 0 Å². The molecule has 0 atom stereocenters. The highest BCUT2D eigenvalue weighted by atomic mass is 28.3. The molecule has 2 aromatic heterocycles. The Morgan fingerprint density at radius 1 is 0.211 bits per heavy atom. The zero-order chi connectivity index (χ0) is 50.5. The molecule has 0 amide bonds. The third kappa shape index (κ3) is 7.14. The third-order valence-electron chi connectivity index (χ3n) is 16.0. The highest BCUT2D eigenvalue weighted by Gasteiger charge is 2.44. The molecule has 0 saturated heterocycles. The van der Waals surface area contributed by atoms with Crippen molar-refractivity contribution in [3.63, 3.8) is 0 Å². The van der Waals surface area contributed by atoms with Crippen molar-refractivity contribution in [2.45, 2.75) is 0 Å². The molecule has 0 radical (unpaired) electrons. The van der Waals surface area contributed by atoms with E-state index in [1.54, 1.807) is 0 Å². The van der Waals surface area contributed by atoms with E-state index >= 15 is 0 Å². The summed E-state index contributed by atoms with van der Waals surface area (Å²) in [4.78, 5) is 0. The van der Waals surface area contributed by atoms with Crippen LogP contribution in [0.15, 0.2) is 315 Å². The highest BCUT2D eigenvalue weighted by Crippen LogP contribution is 2.38. The summed E-state index contributed by atoms with van der Waals surface area (Å²) in [6.07, 6.45) is 0. The average molecular weight is 1000 g/mol. The Morgan fingerprint density at radius 2 is 0.592 bits per heavy atom. The van der Waals surface area contributed by atoms with Crippen LogP contribution in [0.3, 0.4) is 0 Å². The molecule has 76 heavy (non-hydrogen) atoms. The lowest BCUT2D eigenvalue weighted by Gasteiger charge is -2.35. The molecule has 0 aliphatic heterocycles. The fourth-order valence-corrected chi connectivity index (χ4v) is 22.5. The standard InChI is InChI=1S/C72H52N2Si2/c1-8-25-53(26-9-1)54-43-49-68-65(51-54)64-39-22-23-40-67(64)74(68)56-46-50-69-66(52-56)72-70(41-24-42-71(72)76(60-33-16-5-17-34-60,61-35-18-6-19-36-61)62-37-20-7-21-38-62)73(69)55-44-47-63(48-45-55)75(57-27-10-2-11-28-57,58-29-12-3-13-30-58)59-31-14-4-15-32-59/h1-52H.